The third-order valence-electron chi connectivity index (χ3n) is 3.49. The maximum absolute atomic E-state index is 12.2. The lowest BCUT2D eigenvalue weighted by atomic mass is 10.1. The van der Waals surface area contributed by atoms with Gasteiger partial charge in [0.2, 0.25) is 5.91 Å². The standard InChI is InChI=1S/C17H21N3O/c1-13(17(21)19-16-6-4-3-5-7-16)20(2)12-14-8-10-15(18)11-9-14/h3-11,13H,12,18H2,1-2H3,(H,19,21). The average Bonchev–Trinajstić information content (AvgIpc) is 2.49. The van der Waals surface area contributed by atoms with Gasteiger partial charge in [0.05, 0.1) is 6.04 Å². The number of hydrogen-bond donors (Lipinski definition) is 2. The average molecular weight is 283 g/mol. The topological polar surface area (TPSA) is 58.4 Å². The Bertz CT molecular complexity index is 581. The van der Waals surface area contributed by atoms with Gasteiger partial charge in [0.25, 0.3) is 0 Å². The zero-order valence-corrected chi connectivity index (χ0v) is 12.4. The van der Waals surface area contributed by atoms with Gasteiger partial charge in [0, 0.05) is 17.9 Å². The van der Waals surface area contributed by atoms with E-state index in [0.717, 1.165) is 16.9 Å². The molecule has 2 rings (SSSR count). The number of para-hydroxylation sites is 1. The van der Waals surface area contributed by atoms with Crippen LogP contribution in [0.5, 0.6) is 0 Å². The number of hydrogen-bond acceptors (Lipinski definition) is 3. The second kappa shape index (κ2) is 6.90. The van der Waals surface area contributed by atoms with Gasteiger partial charge in [-0.2, -0.15) is 0 Å². The van der Waals surface area contributed by atoms with Crippen molar-refractivity contribution >= 4 is 17.3 Å². The molecule has 0 saturated heterocycles. The molecule has 0 aliphatic carbocycles. The fraction of sp³-hybridized carbons (Fsp3) is 0.235. The van der Waals surface area contributed by atoms with Crippen LogP contribution in [0.1, 0.15) is 12.5 Å². The Labute approximate surface area is 125 Å². The molecule has 2 aromatic carbocycles. The summed E-state index contributed by atoms with van der Waals surface area (Å²) in [5.74, 6) is -0.0147. The molecule has 0 saturated carbocycles. The van der Waals surface area contributed by atoms with Gasteiger partial charge in [-0.3, -0.25) is 9.69 Å². The lowest BCUT2D eigenvalue weighted by molar-refractivity contribution is -0.120. The molecule has 0 aromatic heterocycles. The first-order valence-electron chi connectivity index (χ1n) is 6.97. The highest BCUT2D eigenvalue weighted by atomic mass is 16.2. The molecule has 0 aliphatic rings. The molecule has 0 aliphatic heterocycles. The van der Waals surface area contributed by atoms with Crippen LogP contribution in [-0.4, -0.2) is 23.9 Å². The Balaban J connectivity index is 1.93. The zero-order chi connectivity index (χ0) is 15.2. The minimum Gasteiger partial charge on any atom is -0.399 e. The molecule has 4 heteroatoms. The second-order valence-corrected chi connectivity index (χ2v) is 5.19. The maximum Gasteiger partial charge on any atom is 0.241 e. The molecule has 3 N–H and O–H groups in total. The molecular weight excluding hydrogens is 262 g/mol. The van der Waals surface area contributed by atoms with Crippen LogP contribution in [0, 0.1) is 0 Å². The van der Waals surface area contributed by atoms with Crippen molar-refractivity contribution in [1.29, 1.82) is 0 Å². The SMILES string of the molecule is CC(C(=O)Nc1ccccc1)N(C)Cc1ccc(N)cc1. The number of nitrogens with one attached hydrogen (secondary N) is 1. The van der Waals surface area contributed by atoms with Crippen LogP contribution < -0.4 is 11.1 Å². The van der Waals surface area contributed by atoms with E-state index in [2.05, 4.69) is 5.32 Å². The van der Waals surface area contributed by atoms with Crippen LogP contribution in [0.15, 0.2) is 54.6 Å². The Morgan fingerprint density at radius 1 is 1.14 bits per heavy atom. The Morgan fingerprint density at radius 3 is 2.38 bits per heavy atom. The Hall–Kier alpha value is -2.33. The summed E-state index contributed by atoms with van der Waals surface area (Å²) in [5, 5.41) is 2.92. The van der Waals surface area contributed by atoms with Gasteiger partial charge in [-0.1, -0.05) is 30.3 Å². The van der Waals surface area contributed by atoms with Crippen LogP contribution in [0.25, 0.3) is 0 Å². The van der Waals surface area contributed by atoms with Gasteiger partial charge >= 0.3 is 0 Å². The van der Waals surface area contributed by atoms with E-state index >= 15 is 0 Å². The lowest BCUT2D eigenvalue weighted by Gasteiger charge is -2.24. The van der Waals surface area contributed by atoms with Crippen molar-refractivity contribution in [3.8, 4) is 0 Å². The first-order valence-corrected chi connectivity index (χ1v) is 6.97. The van der Waals surface area contributed by atoms with E-state index in [9.17, 15) is 4.79 Å². The summed E-state index contributed by atoms with van der Waals surface area (Å²) in [4.78, 5) is 14.2. The largest absolute Gasteiger partial charge is 0.399 e. The van der Waals surface area contributed by atoms with E-state index in [1.807, 2.05) is 73.5 Å². The lowest BCUT2D eigenvalue weighted by Crippen LogP contribution is -2.39. The van der Waals surface area contributed by atoms with Crippen LogP contribution >= 0.6 is 0 Å². The summed E-state index contributed by atoms with van der Waals surface area (Å²) >= 11 is 0. The number of nitrogens with two attached hydrogens (primary N) is 1. The molecule has 110 valence electrons. The van der Waals surface area contributed by atoms with Crippen LogP contribution in [-0.2, 0) is 11.3 Å². The van der Waals surface area contributed by atoms with E-state index in [0.29, 0.717) is 6.54 Å². The minimum absolute atomic E-state index is 0.0147. The predicted molar refractivity (Wildman–Crippen MR) is 86.9 cm³/mol. The number of nitrogen functional groups attached to an aromatic ring is 1. The van der Waals surface area contributed by atoms with E-state index in [1.54, 1.807) is 0 Å². The van der Waals surface area contributed by atoms with Gasteiger partial charge in [0.15, 0.2) is 0 Å². The molecule has 2 aromatic rings. The molecular formula is C17H21N3O. The highest BCUT2D eigenvalue weighted by molar-refractivity contribution is 5.94. The molecule has 0 bridgehead atoms. The number of benzene rings is 2. The summed E-state index contributed by atoms with van der Waals surface area (Å²) in [5.41, 5.74) is 8.37. The van der Waals surface area contributed by atoms with Crippen molar-refractivity contribution in [3.63, 3.8) is 0 Å². The number of amides is 1. The van der Waals surface area contributed by atoms with Crippen LogP contribution in [0.3, 0.4) is 0 Å². The highest BCUT2D eigenvalue weighted by Crippen LogP contribution is 2.11. The predicted octanol–water partition coefficient (Wildman–Crippen LogP) is 2.73. The number of rotatable bonds is 5. The van der Waals surface area contributed by atoms with Crippen LogP contribution in [0.4, 0.5) is 11.4 Å². The number of carbonyl (C=O) groups excluding carboxylic acids is 1. The van der Waals surface area contributed by atoms with E-state index < -0.39 is 0 Å². The maximum atomic E-state index is 12.2. The summed E-state index contributed by atoms with van der Waals surface area (Å²) in [7, 11) is 1.94. The van der Waals surface area contributed by atoms with Crippen molar-refractivity contribution in [3.05, 3.63) is 60.2 Å². The Kier molecular flexibility index (Phi) is 4.95. The second-order valence-electron chi connectivity index (χ2n) is 5.19. The first-order chi connectivity index (χ1) is 10.1. The number of likely N-dealkylation sites (N-methyl/N-ethyl adjacent to an activating group) is 1. The molecule has 1 unspecified atom stereocenters. The zero-order valence-electron chi connectivity index (χ0n) is 12.4. The molecule has 0 fully saturated rings. The third kappa shape index (κ3) is 4.33. The van der Waals surface area contributed by atoms with Gasteiger partial charge in [-0.25, -0.2) is 0 Å². The normalized spacial score (nSPS) is 12.1. The number of carbonyl (C=O) groups is 1. The summed E-state index contributed by atoms with van der Waals surface area (Å²) in [6.45, 7) is 2.60. The summed E-state index contributed by atoms with van der Waals surface area (Å²) < 4.78 is 0. The van der Waals surface area contributed by atoms with Crippen molar-refractivity contribution < 1.29 is 4.79 Å². The molecule has 1 atom stereocenters. The van der Waals surface area contributed by atoms with Gasteiger partial charge in [0.1, 0.15) is 0 Å². The quantitative estimate of drug-likeness (QED) is 0.830. The number of nitrogens with zero attached hydrogens (tertiary/aromatic N) is 1. The molecule has 4 nitrogen and oxygen atoms in total. The van der Waals surface area contributed by atoms with E-state index in [1.165, 1.54) is 0 Å². The van der Waals surface area contributed by atoms with Crippen LogP contribution in [0.2, 0.25) is 0 Å². The van der Waals surface area contributed by atoms with E-state index in [-0.39, 0.29) is 11.9 Å². The fourth-order valence-corrected chi connectivity index (χ4v) is 2.02. The smallest absolute Gasteiger partial charge is 0.241 e. The third-order valence-corrected chi connectivity index (χ3v) is 3.49. The van der Waals surface area contributed by atoms with Gasteiger partial charge in [-0.05, 0) is 43.8 Å². The van der Waals surface area contributed by atoms with Gasteiger partial charge < -0.3 is 11.1 Å². The molecule has 21 heavy (non-hydrogen) atoms. The van der Waals surface area contributed by atoms with E-state index in [4.69, 9.17) is 5.73 Å². The number of anilines is 2. The molecule has 0 heterocycles. The van der Waals surface area contributed by atoms with Gasteiger partial charge in [-0.15, -0.1) is 0 Å². The fourth-order valence-electron chi connectivity index (χ4n) is 2.02. The van der Waals surface area contributed by atoms with Crippen molar-refractivity contribution in [2.75, 3.05) is 18.1 Å². The minimum atomic E-state index is -0.220. The summed E-state index contributed by atoms with van der Waals surface area (Å²) in [6, 6.07) is 17.0. The highest BCUT2D eigenvalue weighted by Gasteiger charge is 2.18. The van der Waals surface area contributed by atoms with Crippen molar-refractivity contribution in [2.24, 2.45) is 0 Å². The molecule has 0 spiro atoms. The monoisotopic (exact) mass is 283 g/mol. The molecule has 1 amide bonds. The van der Waals surface area contributed by atoms with Crippen molar-refractivity contribution in [2.45, 2.75) is 19.5 Å². The van der Waals surface area contributed by atoms with Crippen molar-refractivity contribution in [1.82, 2.24) is 4.90 Å². The summed E-state index contributed by atoms with van der Waals surface area (Å²) in [6.07, 6.45) is 0. The first kappa shape index (κ1) is 15.1. The Morgan fingerprint density at radius 2 is 1.76 bits per heavy atom. The molecule has 0 radical (unpaired) electrons.